The number of aromatic carboxylic acids is 1. The Balaban J connectivity index is 1.68. The van der Waals surface area contributed by atoms with Crippen LogP contribution in [0.1, 0.15) is 55.2 Å². The number of amides is 2. The minimum atomic E-state index is -1.15. The molecule has 1 aliphatic rings. The van der Waals surface area contributed by atoms with Crippen molar-refractivity contribution in [3.05, 3.63) is 101 Å². The average molecular weight is 415 g/mol. The lowest BCUT2D eigenvalue weighted by Gasteiger charge is -2.27. The fourth-order valence-electron chi connectivity index (χ4n) is 3.70. The number of nitrogens with zero attached hydrogens (tertiary/aromatic N) is 1. The highest BCUT2D eigenvalue weighted by atomic mass is 16.5. The van der Waals surface area contributed by atoms with E-state index in [0.717, 1.165) is 22.4 Å². The van der Waals surface area contributed by atoms with Crippen LogP contribution in [0.2, 0.25) is 0 Å². The maximum Gasteiger partial charge on any atom is 0.335 e. The second-order valence-electron chi connectivity index (χ2n) is 7.28. The molecule has 31 heavy (non-hydrogen) atoms. The van der Waals surface area contributed by atoms with E-state index in [0.29, 0.717) is 5.75 Å². The van der Waals surface area contributed by atoms with Gasteiger partial charge in [0.25, 0.3) is 11.8 Å². The predicted octanol–water partition coefficient (Wildman–Crippen LogP) is 4.36. The highest BCUT2D eigenvalue weighted by molar-refractivity contribution is 6.22. The van der Waals surface area contributed by atoms with Crippen LogP contribution in [0.25, 0.3) is 0 Å². The molecule has 1 unspecified atom stereocenters. The Morgan fingerprint density at radius 2 is 1.68 bits per heavy atom. The molecule has 0 radical (unpaired) electrons. The molecule has 0 spiro atoms. The molecule has 1 heterocycles. The van der Waals surface area contributed by atoms with Gasteiger partial charge in [0.05, 0.1) is 22.7 Å². The van der Waals surface area contributed by atoms with Gasteiger partial charge in [0, 0.05) is 0 Å². The van der Waals surface area contributed by atoms with Gasteiger partial charge in [-0.15, -0.1) is 0 Å². The summed E-state index contributed by atoms with van der Waals surface area (Å²) in [4.78, 5) is 38.8. The topological polar surface area (TPSA) is 83.9 Å². The molecule has 0 bridgehead atoms. The summed E-state index contributed by atoms with van der Waals surface area (Å²) >= 11 is 0. The molecule has 156 valence electrons. The molecule has 0 saturated heterocycles. The first-order valence-electron chi connectivity index (χ1n) is 10.0. The van der Waals surface area contributed by atoms with E-state index < -0.39 is 23.8 Å². The fourth-order valence-corrected chi connectivity index (χ4v) is 3.70. The van der Waals surface area contributed by atoms with Gasteiger partial charge in [-0.1, -0.05) is 49.4 Å². The third-order valence-electron chi connectivity index (χ3n) is 5.38. The van der Waals surface area contributed by atoms with Crippen LogP contribution in [-0.4, -0.2) is 34.4 Å². The van der Waals surface area contributed by atoms with Crippen molar-refractivity contribution < 1.29 is 24.2 Å². The number of hydrogen-bond donors (Lipinski definition) is 1. The van der Waals surface area contributed by atoms with Gasteiger partial charge in [0.15, 0.2) is 0 Å². The van der Waals surface area contributed by atoms with Gasteiger partial charge in [-0.25, -0.2) is 4.79 Å². The Morgan fingerprint density at radius 1 is 0.935 bits per heavy atom. The van der Waals surface area contributed by atoms with Gasteiger partial charge in [0.1, 0.15) is 12.4 Å². The van der Waals surface area contributed by atoms with Gasteiger partial charge in [0.2, 0.25) is 0 Å². The van der Waals surface area contributed by atoms with Crippen LogP contribution in [0.4, 0.5) is 0 Å². The molecule has 3 aromatic rings. The SMILES string of the molecule is CCc1cccc(OCC(c2ccccc2)N2C(=O)c3ccc(C(=O)O)cc3C2=O)c1. The molecule has 0 saturated carbocycles. The van der Waals surface area contributed by atoms with Crippen LogP contribution >= 0.6 is 0 Å². The summed E-state index contributed by atoms with van der Waals surface area (Å²) in [6, 6.07) is 20.2. The molecule has 2 amide bonds. The van der Waals surface area contributed by atoms with E-state index in [2.05, 4.69) is 6.92 Å². The van der Waals surface area contributed by atoms with E-state index >= 15 is 0 Å². The number of rotatable bonds is 7. The molecule has 1 atom stereocenters. The number of aryl methyl sites for hydroxylation is 1. The Bertz CT molecular complexity index is 1160. The van der Waals surface area contributed by atoms with Gasteiger partial charge >= 0.3 is 5.97 Å². The highest BCUT2D eigenvalue weighted by Gasteiger charge is 2.41. The molecule has 0 fully saturated rings. The first kappa shape index (κ1) is 20.3. The summed E-state index contributed by atoms with van der Waals surface area (Å²) in [5.74, 6) is -1.48. The van der Waals surface area contributed by atoms with Crippen LogP contribution in [0.15, 0.2) is 72.8 Å². The number of imide groups is 1. The Kier molecular flexibility index (Phi) is 5.54. The number of hydrogen-bond acceptors (Lipinski definition) is 4. The Morgan fingerprint density at radius 3 is 2.39 bits per heavy atom. The number of carbonyl (C=O) groups is 3. The second kappa shape index (κ2) is 8.44. The predicted molar refractivity (Wildman–Crippen MR) is 114 cm³/mol. The third-order valence-corrected chi connectivity index (χ3v) is 5.38. The Labute approximate surface area is 179 Å². The van der Waals surface area contributed by atoms with Gasteiger partial charge in [-0.3, -0.25) is 14.5 Å². The summed E-state index contributed by atoms with van der Waals surface area (Å²) in [5.41, 5.74) is 2.13. The molecule has 3 aromatic carbocycles. The summed E-state index contributed by atoms with van der Waals surface area (Å²) in [6.45, 7) is 2.13. The highest BCUT2D eigenvalue weighted by Crippen LogP contribution is 2.32. The number of ether oxygens (including phenoxy) is 1. The summed E-state index contributed by atoms with van der Waals surface area (Å²) in [6.07, 6.45) is 0.865. The Hall–Kier alpha value is -3.93. The zero-order valence-corrected chi connectivity index (χ0v) is 16.9. The van der Waals surface area contributed by atoms with Crippen molar-refractivity contribution in [2.45, 2.75) is 19.4 Å². The standard InChI is InChI=1S/C25H21NO5/c1-2-16-7-6-10-19(13-16)31-15-22(17-8-4-3-5-9-17)26-23(27)20-12-11-18(25(29)30)14-21(20)24(26)28/h3-14,22H,2,15H2,1H3,(H,29,30). The molecule has 0 aromatic heterocycles. The molecular formula is C25H21NO5. The maximum absolute atomic E-state index is 13.2. The van der Waals surface area contributed by atoms with Crippen LogP contribution in [-0.2, 0) is 6.42 Å². The van der Waals surface area contributed by atoms with E-state index in [1.165, 1.54) is 18.2 Å². The molecular weight excluding hydrogens is 394 g/mol. The van der Waals surface area contributed by atoms with Gasteiger partial charge in [-0.2, -0.15) is 0 Å². The van der Waals surface area contributed by atoms with Crippen molar-refractivity contribution in [3.8, 4) is 5.75 Å². The summed E-state index contributed by atoms with van der Waals surface area (Å²) in [5, 5.41) is 9.24. The van der Waals surface area contributed by atoms with E-state index in [1.54, 1.807) is 0 Å². The van der Waals surface area contributed by atoms with E-state index in [1.807, 2.05) is 54.6 Å². The van der Waals surface area contributed by atoms with E-state index in [-0.39, 0.29) is 23.3 Å². The number of fused-ring (bicyclic) bond motifs is 1. The largest absolute Gasteiger partial charge is 0.491 e. The zero-order chi connectivity index (χ0) is 22.0. The van der Waals surface area contributed by atoms with Crippen molar-refractivity contribution in [2.75, 3.05) is 6.61 Å². The van der Waals surface area contributed by atoms with Crippen molar-refractivity contribution >= 4 is 17.8 Å². The molecule has 0 aliphatic carbocycles. The second-order valence-corrected chi connectivity index (χ2v) is 7.28. The first-order chi connectivity index (χ1) is 15.0. The number of carboxylic acids is 1. The first-order valence-corrected chi connectivity index (χ1v) is 10.0. The van der Waals surface area contributed by atoms with Gasteiger partial charge < -0.3 is 9.84 Å². The molecule has 6 heteroatoms. The van der Waals surface area contributed by atoms with E-state index in [4.69, 9.17) is 4.74 Å². The zero-order valence-electron chi connectivity index (χ0n) is 16.9. The van der Waals surface area contributed by atoms with Crippen LogP contribution in [0.5, 0.6) is 5.75 Å². The van der Waals surface area contributed by atoms with Crippen LogP contribution in [0.3, 0.4) is 0 Å². The monoisotopic (exact) mass is 415 g/mol. The van der Waals surface area contributed by atoms with Crippen LogP contribution in [0, 0.1) is 0 Å². The van der Waals surface area contributed by atoms with E-state index in [9.17, 15) is 19.5 Å². The fraction of sp³-hybridized carbons (Fsp3) is 0.160. The molecule has 1 N–H and O–H groups in total. The molecule has 1 aliphatic heterocycles. The quantitative estimate of drug-likeness (QED) is 0.580. The lowest BCUT2D eigenvalue weighted by Crippen LogP contribution is -2.37. The molecule has 4 rings (SSSR count). The number of benzene rings is 3. The van der Waals surface area contributed by atoms with Crippen molar-refractivity contribution in [1.82, 2.24) is 4.90 Å². The number of carbonyl (C=O) groups excluding carboxylic acids is 2. The lowest BCUT2D eigenvalue weighted by atomic mass is 10.1. The van der Waals surface area contributed by atoms with Crippen molar-refractivity contribution in [3.63, 3.8) is 0 Å². The smallest absolute Gasteiger partial charge is 0.335 e. The maximum atomic E-state index is 13.2. The van der Waals surface area contributed by atoms with Crippen molar-refractivity contribution in [1.29, 1.82) is 0 Å². The summed E-state index contributed by atoms with van der Waals surface area (Å²) < 4.78 is 5.99. The molecule has 6 nitrogen and oxygen atoms in total. The normalized spacial score (nSPS) is 13.8. The number of carboxylic acid groups (broad SMARTS) is 1. The third kappa shape index (κ3) is 3.92. The minimum absolute atomic E-state index is 0.0364. The summed E-state index contributed by atoms with van der Waals surface area (Å²) in [7, 11) is 0. The van der Waals surface area contributed by atoms with Gasteiger partial charge in [-0.05, 0) is 47.9 Å². The lowest BCUT2D eigenvalue weighted by molar-refractivity contribution is 0.0529. The van der Waals surface area contributed by atoms with Crippen LogP contribution < -0.4 is 4.74 Å². The van der Waals surface area contributed by atoms with Crippen molar-refractivity contribution in [2.24, 2.45) is 0 Å². The average Bonchev–Trinajstić information content (AvgIpc) is 3.05. The minimum Gasteiger partial charge on any atom is -0.491 e.